The summed E-state index contributed by atoms with van der Waals surface area (Å²) in [5.74, 6) is 1.39. The van der Waals surface area contributed by atoms with Crippen molar-refractivity contribution in [3.63, 3.8) is 0 Å². The molecule has 0 fully saturated rings. The Morgan fingerprint density at radius 2 is 1.67 bits per heavy atom. The number of rotatable bonds is 5. The molecular formula is C19H21N5. The molecule has 3 aromatic rings. The van der Waals surface area contributed by atoms with Gasteiger partial charge in [0.05, 0.1) is 0 Å². The van der Waals surface area contributed by atoms with E-state index in [4.69, 9.17) is 0 Å². The quantitative estimate of drug-likeness (QED) is 0.739. The number of nitrogens with one attached hydrogen (secondary N) is 2. The van der Waals surface area contributed by atoms with E-state index in [-0.39, 0.29) is 0 Å². The van der Waals surface area contributed by atoms with E-state index in [1.165, 1.54) is 11.1 Å². The minimum atomic E-state index is 0.609. The number of pyridine rings is 1. The summed E-state index contributed by atoms with van der Waals surface area (Å²) >= 11 is 0. The van der Waals surface area contributed by atoms with E-state index in [0.29, 0.717) is 12.5 Å². The van der Waals surface area contributed by atoms with Crippen molar-refractivity contribution in [2.24, 2.45) is 0 Å². The second-order valence-electron chi connectivity index (χ2n) is 5.85. The van der Waals surface area contributed by atoms with E-state index in [1.807, 2.05) is 25.1 Å². The van der Waals surface area contributed by atoms with Crippen LogP contribution in [-0.4, -0.2) is 15.0 Å². The summed E-state index contributed by atoms with van der Waals surface area (Å²) in [6, 6.07) is 12.2. The lowest BCUT2D eigenvalue weighted by molar-refractivity contribution is 1.03. The summed E-state index contributed by atoms with van der Waals surface area (Å²) in [7, 11) is 0. The number of anilines is 3. The van der Waals surface area contributed by atoms with Crippen molar-refractivity contribution in [1.29, 1.82) is 0 Å². The number of hydrogen-bond acceptors (Lipinski definition) is 5. The number of hydrogen-bond donors (Lipinski definition) is 2. The standard InChI is InChI=1S/C19H21N5/c1-13-4-5-17(10-14(13)2)23-18-11-15(3)22-19(24-18)21-12-16-6-8-20-9-7-16/h4-11H,12H2,1-3H3,(H2,21,22,23,24). The second-order valence-corrected chi connectivity index (χ2v) is 5.85. The van der Waals surface area contributed by atoms with Crippen molar-refractivity contribution in [2.75, 3.05) is 10.6 Å². The van der Waals surface area contributed by atoms with Crippen molar-refractivity contribution in [3.8, 4) is 0 Å². The predicted molar refractivity (Wildman–Crippen MR) is 97.5 cm³/mol. The van der Waals surface area contributed by atoms with Crippen molar-refractivity contribution in [1.82, 2.24) is 15.0 Å². The van der Waals surface area contributed by atoms with Gasteiger partial charge in [0.25, 0.3) is 0 Å². The first kappa shape index (κ1) is 15.9. The highest BCUT2D eigenvalue weighted by molar-refractivity contribution is 5.59. The lowest BCUT2D eigenvalue weighted by atomic mass is 10.1. The van der Waals surface area contributed by atoms with Crippen molar-refractivity contribution in [3.05, 3.63) is 71.2 Å². The summed E-state index contributed by atoms with van der Waals surface area (Å²) in [6.45, 7) is 6.84. The van der Waals surface area contributed by atoms with Crippen molar-refractivity contribution >= 4 is 17.5 Å². The van der Waals surface area contributed by atoms with Crippen LogP contribution in [0.5, 0.6) is 0 Å². The van der Waals surface area contributed by atoms with E-state index in [0.717, 1.165) is 22.8 Å². The Hall–Kier alpha value is -2.95. The fraction of sp³-hybridized carbons (Fsp3) is 0.211. The lowest BCUT2D eigenvalue weighted by Crippen LogP contribution is -2.06. The number of nitrogens with zero attached hydrogens (tertiary/aromatic N) is 3. The van der Waals surface area contributed by atoms with Crippen LogP contribution in [0.4, 0.5) is 17.5 Å². The molecule has 0 spiro atoms. The minimum Gasteiger partial charge on any atom is -0.350 e. The third kappa shape index (κ3) is 4.07. The largest absolute Gasteiger partial charge is 0.350 e. The molecule has 0 bridgehead atoms. The molecule has 0 saturated carbocycles. The monoisotopic (exact) mass is 319 g/mol. The highest BCUT2D eigenvalue weighted by Crippen LogP contribution is 2.19. The van der Waals surface area contributed by atoms with Gasteiger partial charge in [-0.1, -0.05) is 6.07 Å². The highest BCUT2D eigenvalue weighted by Gasteiger charge is 2.04. The normalized spacial score (nSPS) is 10.5. The van der Waals surface area contributed by atoms with Crippen LogP contribution in [0.15, 0.2) is 48.8 Å². The van der Waals surface area contributed by atoms with E-state index in [1.54, 1.807) is 12.4 Å². The summed E-state index contributed by atoms with van der Waals surface area (Å²) in [5.41, 5.74) is 5.60. The minimum absolute atomic E-state index is 0.609. The Morgan fingerprint density at radius 1 is 0.875 bits per heavy atom. The molecule has 5 heteroatoms. The number of aryl methyl sites for hydroxylation is 3. The Kier molecular flexibility index (Phi) is 4.70. The average Bonchev–Trinajstić information content (AvgIpc) is 2.57. The molecule has 3 rings (SSSR count). The fourth-order valence-electron chi connectivity index (χ4n) is 2.36. The van der Waals surface area contributed by atoms with Crippen LogP contribution in [0.25, 0.3) is 0 Å². The van der Waals surface area contributed by atoms with Gasteiger partial charge in [-0.15, -0.1) is 0 Å². The zero-order valence-electron chi connectivity index (χ0n) is 14.2. The Balaban J connectivity index is 1.74. The van der Waals surface area contributed by atoms with Crippen LogP contribution in [-0.2, 0) is 6.54 Å². The summed E-state index contributed by atoms with van der Waals surface area (Å²) in [6.07, 6.45) is 3.56. The van der Waals surface area contributed by atoms with Gasteiger partial charge in [0.2, 0.25) is 5.95 Å². The molecule has 2 aromatic heterocycles. The van der Waals surface area contributed by atoms with Crippen LogP contribution in [0, 0.1) is 20.8 Å². The van der Waals surface area contributed by atoms with Gasteiger partial charge < -0.3 is 10.6 Å². The Bertz CT molecular complexity index is 830. The van der Waals surface area contributed by atoms with Gasteiger partial charge in [0, 0.05) is 36.4 Å². The first-order chi connectivity index (χ1) is 11.6. The number of aromatic nitrogens is 3. The van der Waals surface area contributed by atoms with Gasteiger partial charge in [-0.05, 0) is 61.7 Å². The molecule has 0 unspecified atom stereocenters. The molecule has 2 N–H and O–H groups in total. The first-order valence-electron chi connectivity index (χ1n) is 7.93. The molecule has 0 radical (unpaired) electrons. The van der Waals surface area contributed by atoms with E-state index in [2.05, 4.69) is 57.6 Å². The highest BCUT2D eigenvalue weighted by atomic mass is 15.1. The third-order valence-corrected chi connectivity index (χ3v) is 3.83. The molecule has 2 heterocycles. The van der Waals surface area contributed by atoms with Gasteiger partial charge in [0.1, 0.15) is 5.82 Å². The van der Waals surface area contributed by atoms with Crippen LogP contribution >= 0.6 is 0 Å². The predicted octanol–water partition coefficient (Wildman–Crippen LogP) is 4.15. The van der Waals surface area contributed by atoms with Crippen molar-refractivity contribution in [2.45, 2.75) is 27.3 Å². The molecule has 0 amide bonds. The lowest BCUT2D eigenvalue weighted by Gasteiger charge is -2.11. The van der Waals surface area contributed by atoms with E-state index < -0.39 is 0 Å². The average molecular weight is 319 g/mol. The zero-order valence-corrected chi connectivity index (χ0v) is 14.2. The molecule has 0 aliphatic rings. The molecule has 0 aliphatic heterocycles. The topological polar surface area (TPSA) is 62.7 Å². The zero-order chi connectivity index (χ0) is 16.9. The van der Waals surface area contributed by atoms with Crippen LogP contribution in [0.3, 0.4) is 0 Å². The van der Waals surface area contributed by atoms with Gasteiger partial charge in [-0.25, -0.2) is 4.98 Å². The maximum atomic E-state index is 4.55. The molecule has 0 aliphatic carbocycles. The van der Waals surface area contributed by atoms with Crippen molar-refractivity contribution < 1.29 is 0 Å². The molecule has 122 valence electrons. The molecular weight excluding hydrogens is 298 g/mol. The summed E-state index contributed by atoms with van der Waals surface area (Å²) in [5, 5.41) is 6.61. The fourth-order valence-corrected chi connectivity index (χ4v) is 2.36. The van der Waals surface area contributed by atoms with Crippen LogP contribution < -0.4 is 10.6 Å². The SMILES string of the molecule is Cc1cc(Nc2ccc(C)c(C)c2)nc(NCc2ccncc2)n1. The summed E-state index contributed by atoms with van der Waals surface area (Å²) < 4.78 is 0. The summed E-state index contributed by atoms with van der Waals surface area (Å²) in [4.78, 5) is 13.0. The maximum absolute atomic E-state index is 4.55. The molecule has 24 heavy (non-hydrogen) atoms. The Labute approximate surface area is 142 Å². The van der Waals surface area contributed by atoms with Crippen LogP contribution in [0.1, 0.15) is 22.4 Å². The number of benzene rings is 1. The molecule has 5 nitrogen and oxygen atoms in total. The molecule has 1 aromatic carbocycles. The molecule has 0 atom stereocenters. The van der Waals surface area contributed by atoms with Crippen LogP contribution in [0.2, 0.25) is 0 Å². The van der Waals surface area contributed by atoms with Gasteiger partial charge >= 0.3 is 0 Å². The van der Waals surface area contributed by atoms with Gasteiger partial charge in [-0.2, -0.15) is 4.98 Å². The maximum Gasteiger partial charge on any atom is 0.225 e. The third-order valence-electron chi connectivity index (χ3n) is 3.83. The second kappa shape index (κ2) is 7.08. The van der Waals surface area contributed by atoms with E-state index >= 15 is 0 Å². The van der Waals surface area contributed by atoms with Gasteiger partial charge in [0.15, 0.2) is 0 Å². The van der Waals surface area contributed by atoms with E-state index in [9.17, 15) is 0 Å². The van der Waals surface area contributed by atoms with Gasteiger partial charge in [-0.3, -0.25) is 4.98 Å². The first-order valence-corrected chi connectivity index (χ1v) is 7.93. The smallest absolute Gasteiger partial charge is 0.225 e. The molecule has 0 saturated heterocycles. The Morgan fingerprint density at radius 3 is 2.42 bits per heavy atom.